The molecule has 1 atom stereocenters. The maximum atomic E-state index is 5.59. The van der Waals surface area contributed by atoms with E-state index in [4.69, 9.17) is 4.74 Å². The van der Waals surface area contributed by atoms with Gasteiger partial charge >= 0.3 is 0 Å². The molecule has 20 heavy (non-hydrogen) atoms. The molecule has 1 unspecified atom stereocenters. The van der Waals surface area contributed by atoms with Gasteiger partial charge in [0.2, 0.25) is 0 Å². The van der Waals surface area contributed by atoms with E-state index in [2.05, 4.69) is 38.8 Å². The predicted molar refractivity (Wildman–Crippen MR) is 76.3 cm³/mol. The van der Waals surface area contributed by atoms with Crippen LogP contribution < -0.4 is 0 Å². The Morgan fingerprint density at radius 3 is 3.15 bits per heavy atom. The van der Waals surface area contributed by atoms with Gasteiger partial charge in [0.1, 0.15) is 6.61 Å². The minimum absolute atomic E-state index is 0.317. The Labute approximate surface area is 116 Å². The number of H-pyrrole nitrogens is 1. The summed E-state index contributed by atoms with van der Waals surface area (Å²) in [6.45, 7) is 3.45. The van der Waals surface area contributed by atoms with Crippen molar-refractivity contribution in [1.29, 1.82) is 0 Å². The van der Waals surface area contributed by atoms with Crippen molar-refractivity contribution in [2.75, 3.05) is 6.61 Å². The number of aromatic nitrogens is 4. The van der Waals surface area contributed by atoms with E-state index in [9.17, 15) is 0 Å². The molecule has 5 nitrogen and oxygen atoms in total. The fourth-order valence-electron chi connectivity index (χ4n) is 2.91. The summed E-state index contributed by atoms with van der Waals surface area (Å²) in [5.74, 6) is 1.86. The van der Waals surface area contributed by atoms with Crippen LogP contribution in [0.25, 0.3) is 22.3 Å². The zero-order chi connectivity index (χ0) is 13.5. The zero-order valence-electron chi connectivity index (χ0n) is 11.3. The van der Waals surface area contributed by atoms with Gasteiger partial charge in [-0.25, -0.2) is 0 Å². The Morgan fingerprint density at radius 2 is 2.25 bits per heavy atom. The average molecular weight is 268 g/mol. The average Bonchev–Trinajstić information content (AvgIpc) is 3.10. The van der Waals surface area contributed by atoms with E-state index in [1.807, 2.05) is 18.3 Å². The van der Waals surface area contributed by atoms with Crippen LogP contribution in [0.3, 0.4) is 0 Å². The van der Waals surface area contributed by atoms with Crippen LogP contribution >= 0.6 is 0 Å². The van der Waals surface area contributed by atoms with E-state index in [-0.39, 0.29) is 0 Å². The van der Waals surface area contributed by atoms with Crippen molar-refractivity contribution in [3.8, 4) is 11.4 Å². The molecule has 0 radical (unpaired) electrons. The van der Waals surface area contributed by atoms with Crippen molar-refractivity contribution >= 4 is 10.9 Å². The molecular formula is C15H16N4O. The lowest BCUT2D eigenvalue weighted by molar-refractivity contribution is 0.0542. The number of rotatable bonds is 2. The maximum absolute atomic E-state index is 5.59. The third-order valence-corrected chi connectivity index (χ3v) is 3.97. The second-order valence-corrected chi connectivity index (χ2v) is 5.13. The molecule has 5 heteroatoms. The molecule has 0 bridgehead atoms. The minimum Gasteiger partial charge on any atom is -0.371 e. The molecule has 3 heterocycles. The largest absolute Gasteiger partial charge is 0.371 e. The first kappa shape index (κ1) is 11.7. The number of nitrogens with one attached hydrogen (secondary N) is 1. The quantitative estimate of drug-likeness (QED) is 0.777. The number of hydrogen-bond donors (Lipinski definition) is 1. The molecule has 0 saturated carbocycles. The number of para-hydroxylation sites is 1. The summed E-state index contributed by atoms with van der Waals surface area (Å²) in [7, 11) is 0. The lowest BCUT2D eigenvalue weighted by Gasteiger charge is -2.25. The Hall–Kier alpha value is -2.14. The number of ether oxygens (including phenoxy) is 1. The summed E-state index contributed by atoms with van der Waals surface area (Å²) in [4.78, 5) is 3.30. The van der Waals surface area contributed by atoms with Gasteiger partial charge in [-0.2, -0.15) is 0 Å². The molecular weight excluding hydrogens is 252 g/mol. The number of aromatic amines is 1. The predicted octanol–water partition coefficient (Wildman–Crippen LogP) is 2.91. The minimum atomic E-state index is 0.317. The van der Waals surface area contributed by atoms with Gasteiger partial charge in [-0.1, -0.05) is 25.1 Å². The second kappa shape index (κ2) is 4.45. The number of nitrogens with zero attached hydrogens (tertiary/aromatic N) is 3. The zero-order valence-corrected chi connectivity index (χ0v) is 11.3. The molecule has 0 saturated heterocycles. The van der Waals surface area contributed by atoms with Crippen molar-refractivity contribution in [3.05, 3.63) is 36.3 Å². The highest BCUT2D eigenvalue weighted by Gasteiger charge is 2.25. The molecule has 1 aliphatic heterocycles. The van der Waals surface area contributed by atoms with Gasteiger partial charge in [-0.15, -0.1) is 10.2 Å². The van der Waals surface area contributed by atoms with Crippen molar-refractivity contribution in [2.24, 2.45) is 0 Å². The molecule has 0 aliphatic carbocycles. The summed E-state index contributed by atoms with van der Waals surface area (Å²) >= 11 is 0. The maximum Gasteiger partial charge on any atom is 0.166 e. The van der Waals surface area contributed by atoms with Crippen LogP contribution in [-0.2, 0) is 11.3 Å². The molecule has 4 rings (SSSR count). The van der Waals surface area contributed by atoms with Crippen LogP contribution in [0, 0.1) is 0 Å². The van der Waals surface area contributed by atoms with Gasteiger partial charge in [-0.05, 0) is 12.5 Å². The molecule has 0 amide bonds. The van der Waals surface area contributed by atoms with Crippen LogP contribution in [0.2, 0.25) is 0 Å². The third kappa shape index (κ3) is 1.59. The highest BCUT2D eigenvalue weighted by molar-refractivity contribution is 5.93. The van der Waals surface area contributed by atoms with Gasteiger partial charge in [0.25, 0.3) is 0 Å². The summed E-state index contributed by atoms with van der Waals surface area (Å²) in [5, 5.41) is 9.88. The molecule has 102 valence electrons. The Morgan fingerprint density at radius 1 is 1.35 bits per heavy atom. The molecule has 1 N–H and O–H groups in total. The standard InChI is InChI=1S/C15H16N4O/c1-2-10-8-20-9-14-17-18-15(19(10)14)12-7-16-13-6-4-3-5-11(12)13/h3-7,10,16H,2,8-9H2,1H3. The van der Waals surface area contributed by atoms with Crippen molar-refractivity contribution < 1.29 is 4.74 Å². The number of benzene rings is 1. The molecule has 0 spiro atoms. The van der Waals surface area contributed by atoms with E-state index in [0.29, 0.717) is 12.6 Å². The summed E-state index contributed by atoms with van der Waals surface area (Å²) in [6.07, 6.45) is 3.03. The number of hydrogen-bond acceptors (Lipinski definition) is 3. The topological polar surface area (TPSA) is 55.7 Å². The summed E-state index contributed by atoms with van der Waals surface area (Å²) in [5.41, 5.74) is 2.24. The van der Waals surface area contributed by atoms with E-state index in [1.165, 1.54) is 5.39 Å². The van der Waals surface area contributed by atoms with E-state index in [1.54, 1.807) is 0 Å². The lowest BCUT2D eigenvalue weighted by Crippen LogP contribution is -2.23. The van der Waals surface area contributed by atoms with Crippen LogP contribution in [0.4, 0.5) is 0 Å². The first-order chi connectivity index (χ1) is 9.88. The van der Waals surface area contributed by atoms with Crippen LogP contribution in [0.15, 0.2) is 30.5 Å². The van der Waals surface area contributed by atoms with Crippen LogP contribution in [-0.4, -0.2) is 26.4 Å². The SMILES string of the molecule is CCC1COCc2nnc(-c3c[nH]c4ccccc34)n21. The molecule has 1 aliphatic rings. The first-order valence-corrected chi connectivity index (χ1v) is 6.96. The van der Waals surface area contributed by atoms with Gasteiger partial charge in [0.15, 0.2) is 11.6 Å². The van der Waals surface area contributed by atoms with Crippen molar-refractivity contribution in [1.82, 2.24) is 19.7 Å². The van der Waals surface area contributed by atoms with Gasteiger partial charge in [0.05, 0.1) is 12.6 Å². The van der Waals surface area contributed by atoms with Crippen molar-refractivity contribution in [2.45, 2.75) is 26.0 Å². The Balaban J connectivity index is 1.93. The smallest absolute Gasteiger partial charge is 0.166 e. The highest BCUT2D eigenvalue weighted by atomic mass is 16.5. The normalized spacial score (nSPS) is 18.4. The van der Waals surface area contributed by atoms with E-state index < -0.39 is 0 Å². The van der Waals surface area contributed by atoms with Gasteiger partial charge < -0.3 is 14.3 Å². The molecule has 0 fully saturated rings. The fourth-order valence-corrected chi connectivity index (χ4v) is 2.91. The second-order valence-electron chi connectivity index (χ2n) is 5.13. The number of fused-ring (bicyclic) bond motifs is 2. The van der Waals surface area contributed by atoms with Gasteiger partial charge in [0, 0.05) is 22.7 Å². The van der Waals surface area contributed by atoms with Crippen LogP contribution in [0.5, 0.6) is 0 Å². The van der Waals surface area contributed by atoms with Gasteiger partial charge in [-0.3, -0.25) is 0 Å². The van der Waals surface area contributed by atoms with Crippen molar-refractivity contribution in [3.63, 3.8) is 0 Å². The Kier molecular flexibility index (Phi) is 2.60. The third-order valence-electron chi connectivity index (χ3n) is 3.97. The molecule has 1 aromatic carbocycles. The molecule has 3 aromatic rings. The molecule has 2 aromatic heterocycles. The summed E-state index contributed by atoms with van der Waals surface area (Å²) in [6, 6.07) is 8.59. The Bertz CT molecular complexity index is 758. The highest BCUT2D eigenvalue weighted by Crippen LogP contribution is 2.32. The fraction of sp³-hybridized carbons (Fsp3) is 0.333. The first-order valence-electron chi connectivity index (χ1n) is 6.96. The summed E-state index contributed by atoms with van der Waals surface area (Å²) < 4.78 is 7.82. The monoisotopic (exact) mass is 268 g/mol. The lowest BCUT2D eigenvalue weighted by atomic mass is 10.1. The van der Waals surface area contributed by atoms with Crippen LogP contribution in [0.1, 0.15) is 25.2 Å². The van der Waals surface area contributed by atoms with E-state index >= 15 is 0 Å². The van der Waals surface area contributed by atoms with E-state index in [0.717, 1.165) is 35.8 Å².